The lowest BCUT2D eigenvalue weighted by atomic mass is 9.97. The normalized spacial score (nSPS) is 19.1. The van der Waals surface area contributed by atoms with E-state index in [0.717, 1.165) is 35.9 Å². The van der Waals surface area contributed by atoms with Crippen LogP contribution in [0.1, 0.15) is 49.0 Å². The Kier molecular flexibility index (Phi) is 5.79. The lowest BCUT2D eigenvalue weighted by Gasteiger charge is -2.38. The predicted octanol–water partition coefficient (Wildman–Crippen LogP) is 3.43. The van der Waals surface area contributed by atoms with Gasteiger partial charge in [-0.3, -0.25) is 4.79 Å². The lowest BCUT2D eigenvalue weighted by Crippen LogP contribution is -2.49. The highest BCUT2D eigenvalue weighted by Gasteiger charge is 2.29. The van der Waals surface area contributed by atoms with E-state index in [1.165, 1.54) is 0 Å². The summed E-state index contributed by atoms with van der Waals surface area (Å²) in [4.78, 5) is 26.8. The summed E-state index contributed by atoms with van der Waals surface area (Å²) in [6.45, 7) is 4.43. The Hall–Kier alpha value is -3.22. The number of para-hydroxylation sites is 1. The van der Waals surface area contributed by atoms with Gasteiger partial charge in [-0.1, -0.05) is 29.5 Å². The first-order valence-electron chi connectivity index (χ1n) is 10.4. The standard InChI is InChI=1S/C23H26N4O3/c1-16-6-5-7-17(2)27(16)22(28)15-30-23(29)19-12-10-18(11-13-19)14-26-21-9-4-3-8-20(21)24-25-26/h3-4,8-13,16-17H,5-7,14-15H2,1-2H3/t16-,17-/m0/s1. The molecular formula is C23H26N4O3. The second-order valence-electron chi connectivity index (χ2n) is 7.94. The molecule has 2 atom stereocenters. The maximum Gasteiger partial charge on any atom is 0.338 e. The van der Waals surface area contributed by atoms with Gasteiger partial charge in [0.1, 0.15) is 5.52 Å². The quantitative estimate of drug-likeness (QED) is 0.607. The number of hydrogen-bond acceptors (Lipinski definition) is 5. The number of hydrogen-bond donors (Lipinski definition) is 0. The van der Waals surface area contributed by atoms with Crippen LogP contribution in [0.4, 0.5) is 0 Å². The van der Waals surface area contributed by atoms with Gasteiger partial charge in [0.25, 0.3) is 5.91 Å². The van der Waals surface area contributed by atoms with E-state index < -0.39 is 5.97 Å². The maximum absolute atomic E-state index is 12.5. The molecule has 0 saturated carbocycles. The molecule has 1 amide bonds. The molecule has 4 rings (SSSR count). The van der Waals surface area contributed by atoms with Crippen molar-refractivity contribution in [2.24, 2.45) is 0 Å². The molecule has 1 saturated heterocycles. The van der Waals surface area contributed by atoms with E-state index in [2.05, 4.69) is 10.3 Å². The molecule has 1 aliphatic rings. The van der Waals surface area contributed by atoms with Gasteiger partial charge in [0, 0.05) is 12.1 Å². The van der Waals surface area contributed by atoms with Crippen LogP contribution in [0.5, 0.6) is 0 Å². The first-order chi connectivity index (χ1) is 14.5. The van der Waals surface area contributed by atoms with Crippen molar-refractivity contribution in [2.45, 2.75) is 51.7 Å². The number of likely N-dealkylation sites (tertiary alicyclic amines) is 1. The van der Waals surface area contributed by atoms with Crippen LogP contribution in [0.3, 0.4) is 0 Å². The number of esters is 1. The van der Waals surface area contributed by atoms with E-state index in [9.17, 15) is 9.59 Å². The Morgan fingerprint density at radius 1 is 1.03 bits per heavy atom. The molecule has 0 N–H and O–H groups in total. The molecule has 2 heterocycles. The second-order valence-corrected chi connectivity index (χ2v) is 7.94. The van der Waals surface area contributed by atoms with Gasteiger partial charge in [-0.15, -0.1) is 5.10 Å². The van der Waals surface area contributed by atoms with Gasteiger partial charge in [0.2, 0.25) is 0 Å². The highest BCUT2D eigenvalue weighted by atomic mass is 16.5. The van der Waals surface area contributed by atoms with E-state index in [1.807, 2.05) is 59.8 Å². The summed E-state index contributed by atoms with van der Waals surface area (Å²) in [6, 6.07) is 15.3. The number of nitrogens with zero attached hydrogens (tertiary/aromatic N) is 4. The van der Waals surface area contributed by atoms with Crippen LogP contribution < -0.4 is 0 Å². The van der Waals surface area contributed by atoms with Crippen LogP contribution in [0.15, 0.2) is 48.5 Å². The van der Waals surface area contributed by atoms with Crippen molar-refractivity contribution < 1.29 is 14.3 Å². The monoisotopic (exact) mass is 406 g/mol. The number of benzene rings is 2. The molecule has 1 fully saturated rings. The number of fused-ring (bicyclic) bond motifs is 1. The molecule has 0 unspecified atom stereocenters. The average molecular weight is 406 g/mol. The summed E-state index contributed by atoms with van der Waals surface area (Å²) in [5.74, 6) is -0.615. The molecule has 1 aromatic heterocycles. The molecule has 0 aliphatic carbocycles. The molecule has 3 aromatic rings. The van der Waals surface area contributed by atoms with Crippen LogP contribution >= 0.6 is 0 Å². The van der Waals surface area contributed by atoms with E-state index >= 15 is 0 Å². The predicted molar refractivity (Wildman–Crippen MR) is 113 cm³/mol. The van der Waals surface area contributed by atoms with E-state index in [4.69, 9.17) is 4.74 Å². The number of ether oxygens (including phenoxy) is 1. The van der Waals surface area contributed by atoms with Gasteiger partial charge < -0.3 is 9.64 Å². The van der Waals surface area contributed by atoms with Gasteiger partial charge >= 0.3 is 5.97 Å². The Labute approximate surface area is 175 Å². The number of carbonyl (C=O) groups is 2. The van der Waals surface area contributed by atoms with Crippen molar-refractivity contribution in [1.82, 2.24) is 19.9 Å². The van der Waals surface area contributed by atoms with Crippen LogP contribution in [0, 0.1) is 0 Å². The molecule has 30 heavy (non-hydrogen) atoms. The third kappa shape index (κ3) is 4.20. The lowest BCUT2D eigenvalue weighted by molar-refractivity contribution is -0.140. The Balaban J connectivity index is 1.35. The van der Waals surface area contributed by atoms with Crippen molar-refractivity contribution >= 4 is 22.9 Å². The van der Waals surface area contributed by atoms with Crippen molar-refractivity contribution in [1.29, 1.82) is 0 Å². The Morgan fingerprint density at radius 2 is 1.73 bits per heavy atom. The van der Waals surface area contributed by atoms with Crippen molar-refractivity contribution in [2.75, 3.05) is 6.61 Å². The average Bonchev–Trinajstić information content (AvgIpc) is 3.15. The first kappa shape index (κ1) is 20.1. The number of rotatable bonds is 5. The third-order valence-electron chi connectivity index (χ3n) is 5.75. The number of piperidine rings is 1. The molecule has 7 heteroatoms. The van der Waals surface area contributed by atoms with Gasteiger partial charge in [0.05, 0.1) is 17.6 Å². The summed E-state index contributed by atoms with van der Waals surface area (Å²) in [5.41, 5.74) is 3.23. The topological polar surface area (TPSA) is 77.3 Å². The zero-order chi connectivity index (χ0) is 21.1. The van der Waals surface area contributed by atoms with E-state index in [1.54, 1.807) is 12.1 Å². The minimum Gasteiger partial charge on any atom is -0.452 e. The summed E-state index contributed by atoms with van der Waals surface area (Å²) >= 11 is 0. The third-order valence-corrected chi connectivity index (χ3v) is 5.75. The smallest absolute Gasteiger partial charge is 0.338 e. The van der Waals surface area contributed by atoms with Gasteiger partial charge in [-0.2, -0.15) is 0 Å². The second kappa shape index (κ2) is 8.65. The molecule has 0 bridgehead atoms. The molecular weight excluding hydrogens is 380 g/mol. The van der Waals surface area contributed by atoms with Gasteiger partial charge in [0.15, 0.2) is 6.61 Å². The van der Waals surface area contributed by atoms with Crippen LogP contribution in [-0.2, 0) is 16.1 Å². The zero-order valence-electron chi connectivity index (χ0n) is 17.3. The minimum atomic E-state index is -0.488. The van der Waals surface area contributed by atoms with Crippen LogP contribution in [0.25, 0.3) is 11.0 Å². The van der Waals surface area contributed by atoms with Gasteiger partial charge in [-0.05, 0) is 62.9 Å². The SMILES string of the molecule is C[C@H]1CCC[C@H](C)N1C(=O)COC(=O)c1ccc(Cn2nnc3ccccc32)cc1. The minimum absolute atomic E-state index is 0.127. The molecule has 156 valence electrons. The Bertz CT molecular complexity index is 1030. The van der Waals surface area contributed by atoms with Crippen molar-refractivity contribution in [3.05, 3.63) is 59.7 Å². The maximum atomic E-state index is 12.5. The fraction of sp³-hybridized carbons (Fsp3) is 0.391. The molecule has 7 nitrogen and oxygen atoms in total. The number of aromatic nitrogens is 3. The Morgan fingerprint density at radius 3 is 2.47 bits per heavy atom. The van der Waals surface area contributed by atoms with Crippen LogP contribution in [-0.4, -0.2) is 50.5 Å². The van der Waals surface area contributed by atoms with Crippen molar-refractivity contribution in [3.8, 4) is 0 Å². The highest BCUT2D eigenvalue weighted by Crippen LogP contribution is 2.22. The largest absolute Gasteiger partial charge is 0.452 e. The van der Waals surface area contributed by atoms with Crippen LogP contribution in [0.2, 0.25) is 0 Å². The number of carbonyl (C=O) groups excluding carboxylic acids is 2. The fourth-order valence-electron chi connectivity index (χ4n) is 4.15. The summed E-state index contributed by atoms with van der Waals surface area (Å²) in [7, 11) is 0. The number of amides is 1. The highest BCUT2D eigenvalue weighted by molar-refractivity contribution is 5.91. The fourth-order valence-corrected chi connectivity index (χ4v) is 4.15. The molecule has 2 aromatic carbocycles. The first-order valence-corrected chi connectivity index (χ1v) is 10.4. The zero-order valence-corrected chi connectivity index (χ0v) is 17.3. The van der Waals surface area contributed by atoms with E-state index in [-0.39, 0.29) is 24.6 Å². The molecule has 0 spiro atoms. The van der Waals surface area contributed by atoms with Crippen molar-refractivity contribution in [3.63, 3.8) is 0 Å². The summed E-state index contributed by atoms with van der Waals surface area (Å²) in [5, 5.41) is 8.34. The molecule has 1 aliphatic heterocycles. The molecule has 0 radical (unpaired) electrons. The van der Waals surface area contributed by atoms with Gasteiger partial charge in [-0.25, -0.2) is 9.48 Å². The summed E-state index contributed by atoms with van der Waals surface area (Å²) < 4.78 is 7.11. The summed E-state index contributed by atoms with van der Waals surface area (Å²) in [6.07, 6.45) is 3.11. The van der Waals surface area contributed by atoms with E-state index in [0.29, 0.717) is 12.1 Å².